The highest BCUT2D eigenvalue weighted by atomic mass is 19.1. The van der Waals surface area contributed by atoms with Gasteiger partial charge in [0.1, 0.15) is 19.0 Å². The monoisotopic (exact) mass is 413 g/mol. The fourth-order valence-electron chi connectivity index (χ4n) is 2.85. The molecule has 7 heteroatoms. The van der Waals surface area contributed by atoms with Crippen molar-refractivity contribution in [1.29, 1.82) is 0 Å². The Balaban J connectivity index is 1.48. The minimum absolute atomic E-state index is 0.118. The van der Waals surface area contributed by atoms with Gasteiger partial charge in [-0.1, -0.05) is 12.1 Å². The number of halogens is 1. The second-order valence-electron chi connectivity index (χ2n) is 6.86. The van der Waals surface area contributed by atoms with E-state index in [-0.39, 0.29) is 6.61 Å². The number of anilines is 1. The van der Waals surface area contributed by atoms with Crippen LogP contribution < -0.4 is 9.64 Å². The smallest absolute Gasteiger partial charge is 0.119 e. The van der Waals surface area contributed by atoms with Crippen LogP contribution in [-0.4, -0.2) is 63.4 Å². The van der Waals surface area contributed by atoms with Crippen LogP contribution in [0.15, 0.2) is 61.1 Å². The summed E-state index contributed by atoms with van der Waals surface area (Å²) in [4.78, 5) is 6.60. The molecule has 1 aromatic heterocycles. The first-order valence-corrected chi connectivity index (χ1v) is 9.94. The number of ether oxygens (including phenoxy) is 3. The molecule has 0 unspecified atom stereocenters. The van der Waals surface area contributed by atoms with Gasteiger partial charge in [-0.15, -0.1) is 0 Å². The van der Waals surface area contributed by atoms with Crippen LogP contribution in [0, 0.1) is 0 Å². The van der Waals surface area contributed by atoms with E-state index < -0.39 is 6.67 Å². The molecule has 0 aliphatic heterocycles. The van der Waals surface area contributed by atoms with Gasteiger partial charge in [0.05, 0.1) is 38.4 Å². The molecular weight excluding hydrogens is 385 g/mol. The van der Waals surface area contributed by atoms with Crippen molar-refractivity contribution in [2.75, 3.05) is 58.7 Å². The molecule has 0 aliphatic rings. The summed E-state index contributed by atoms with van der Waals surface area (Å²) in [6.07, 6.45) is 3.82. The van der Waals surface area contributed by atoms with Gasteiger partial charge < -0.3 is 23.7 Å². The molecule has 1 heterocycles. The van der Waals surface area contributed by atoms with Gasteiger partial charge in [-0.3, -0.25) is 0 Å². The molecule has 0 N–H and O–H groups in total. The van der Waals surface area contributed by atoms with Gasteiger partial charge in [0.15, 0.2) is 0 Å². The van der Waals surface area contributed by atoms with Crippen LogP contribution in [0.2, 0.25) is 0 Å². The van der Waals surface area contributed by atoms with E-state index in [0.717, 1.165) is 28.4 Å². The van der Waals surface area contributed by atoms with Crippen LogP contribution in [0.3, 0.4) is 0 Å². The first-order chi connectivity index (χ1) is 14.7. The summed E-state index contributed by atoms with van der Waals surface area (Å²) in [5.74, 6) is 0.774. The van der Waals surface area contributed by atoms with Gasteiger partial charge >= 0.3 is 0 Å². The average Bonchev–Trinajstić information content (AvgIpc) is 3.26. The van der Waals surface area contributed by atoms with E-state index in [0.29, 0.717) is 26.4 Å². The molecule has 3 aromatic rings. The minimum atomic E-state index is -0.469. The van der Waals surface area contributed by atoms with Crippen molar-refractivity contribution >= 4 is 5.69 Å². The van der Waals surface area contributed by atoms with E-state index in [9.17, 15) is 4.39 Å². The molecule has 30 heavy (non-hydrogen) atoms. The lowest BCUT2D eigenvalue weighted by atomic mass is 10.1. The predicted molar refractivity (Wildman–Crippen MR) is 116 cm³/mol. The molecule has 0 bridgehead atoms. The Morgan fingerprint density at radius 3 is 2.20 bits per heavy atom. The summed E-state index contributed by atoms with van der Waals surface area (Å²) in [7, 11) is 4.05. The van der Waals surface area contributed by atoms with E-state index in [2.05, 4.69) is 34.1 Å². The van der Waals surface area contributed by atoms with Crippen molar-refractivity contribution in [2.45, 2.75) is 0 Å². The van der Waals surface area contributed by atoms with Gasteiger partial charge in [-0.05, 0) is 36.4 Å². The zero-order valence-corrected chi connectivity index (χ0v) is 17.5. The summed E-state index contributed by atoms with van der Waals surface area (Å²) < 4.78 is 29.9. The number of benzene rings is 2. The molecule has 2 aromatic carbocycles. The van der Waals surface area contributed by atoms with Gasteiger partial charge in [0.25, 0.3) is 0 Å². The second-order valence-corrected chi connectivity index (χ2v) is 6.86. The van der Waals surface area contributed by atoms with Crippen molar-refractivity contribution in [3.63, 3.8) is 0 Å². The van der Waals surface area contributed by atoms with E-state index in [1.165, 1.54) is 0 Å². The van der Waals surface area contributed by atoms with Gasteiger partial charge in [-0.25, -0.2) is 9.37 Å². The van der Waals surface area contributed by atoms with E-state index >= 15 is 0 Å². The predicted octanol–water partition coefficient (Wildman–Crippen LogP) is 3.99. The normalized spacial score (nSPS) is 10.9. The molecule has 3 rings (SSSR count). The minimum Gasteiger partial charge on any atom is -0.491 e. The number of aromatic nitrogens is 2. The van der Waals surface area contributed by atoms with E-state index in [1.807, 2.05) is 55.5 Å². The molecule has 6 nitrogen and oxygen atoms in total. The highest BCUT2D eigenvalue weighted by Crippen LogP contribution is 2.23. The molecule has 0 aliphatic carbocycles. The number of imidazole rings is 1. The quantitative estimate of drug-likeness (QED) is 0.420. The van der Waals surface area contributed by atoms with Crippen molar-refractivity contribution < 1.29 is 18.6 Å². The zero-order valence-electron chi connectivity index (χ0n) is 17.5. The Kier molecular flexibility index (Phi) is 8.23. The lowest BCUT2D eigenvalue weighted by molar-refractivity contribution is 0.0325. The first kappa shape index (κ1) is 21.8. The Bertz CT molecular complexity index is 879. The highest BCUT2D eigenvalue weighted by molar-refractivity contribution is 5.63. The molecule has 0 fully saturated rings. The molecule has 0 saturated heterocycles. The molecule has 0 radical (unpaired) electrons. The summed E-state index contributed by atoms with van der Waals surface area (Å²) in [6.45, 7) is 1.38. The van der Waals surface area contributed by atoms with Gasteiger partial charge in [0.2, 0.25) is 0 Å². The second kappa shape index (κ2) is 11.3. The van der Waals surface area contributed by atoms with Gasteiger partial charge in [-0.2, -0.15) is 0 Å². The summed E-state index contributed by atoms with van der Waals surface area (Å²) in [6, 6.07) is 16.1. The van der Waals surface area contributed by atoms with Crippen LogP contribution in [0.1, 0.15) is 0 Å². The molecule has 160 valence electrons. The third-order valence-corrected chi connectivity index (χ3v) is 4.49. The Morgan fingerprint density at radius 2 is 1.53 bits per heavy atom. The third-order valence-electron chi connectivity index (χ3n) is 4.49. The number of alkyl halides is 1. The van der Waals surface area contributed by atoms with Gasteiger partial charge in [0, 0.05) is 37.2 Å². The molecule has 0 amide bonds. The Labute approximate surface area is 176 Å². The van der Waals surface area contributed by atoms with Crippen molar-refractivity contribution in [3.8, 4) is 22.7 Å². The number of hydrogen-bond acceptors (Lipinski definition) is 5. The van der Waals surface area contributed by atoms with Crippen molar-refractivity contribution in [1.82, 2.24) is 9.55 Å². The molecule has 0 spiro atoms. The topological polar surface area (TPSA) is 48.8 Å². The average molecular weight is 413 g/mol. The first-order valence-electron chi connectivity index (χ1n) is 9.94. The highest BCUT2D eigenvalue weighted by Gasteiger charge is 2.05. The maximum absolute atomic E-state index is 11.9. The van der Waals surface area contributed by atoms with Crippen molar-refractivity contribution in [2.24, 2.45) is 0 Å². The summed E-state index contributed by atoms with van der Waals surface area (Å²) >= 11 is 0. The van der Waals surface area contributed by atoms with Crippen LogP contribution >= 0.6 is 0 Å². The maximum atomic E-state index is 11.9. The summed E-state index contributed by atoms with van der Waals surface area (Å²) in [5, 5.41) is 0. The Morgan fingerprint density at radius 1 is 0.867 bits per heavy atom. The summed E-state index contributed by atoms with van der Waals surface area (Å²) in [5.41, 5.74) is 4.17. The fraction of sp³-hybridized carbons (Fsp3) is 0.348. The molecular formula is C23H28FN3O3. The third kappa shape index (κ3) is 6.30. The Hall–Kier alpha value is -2.90. The molecule has 0 atom stereocenters. The van der Waals surface area contributed by atoms with E-state index in [4.69, 9.17) is 14.2 Å². The number of rotatable bonds is 12. The largest absolute Gasteiger partial charge is 0.491 e. The SMILES string of the molecule is CN(C)c1ccc(-c2cn(-c3ccc(OCCOCCOCCF)cc3)cn2)cc1. The molecule has 0 saturated carbocycles. The van der Waals surface area contributed by atoms with Crippen LogP contribution in [0.4, 0.5) is 10.1 Å². The fourth-order valence-corrected chi connectivity index (χ4v) is 2.85. The lowest BCUT2D eigenvalue weighted by Crippen LogP contribution is -2.11. The number of hydrogen-bond donors (Lipinski definition) is 0. The standard InChI is InChI=1S/C23H28FN3O3/c1-26(2)20-5-3-19(4-6-20)23-17-27(18-25-23)21-7-9-22(10-8-21)30-16-15-29-14-13-28-12-11-24/h3-10,17-18H,11-16H2,1-2H3. The van der Waals surface area contributed by atoms with Crippen LogP contribution in [0.5, 0.6) is 5.75 Å². The van der Waals surface area contributed by atoms with Crippen molar-refractivity contribution in [3.05, 3.63) is 61.1 Å². The number of nitrogens with zero attached hydrogens (tertiary/aromatic N) is 3. The van der Waals surface area contributed by atoms with E-state index in [1.54, 1.807) is 0 Å². The lowest BCUT2D eigenvalue weighted by Gasteiger charge is -2.12. The maximum Gasteiger partial charge on any atom is 0.119 e. The van der Waals surface area contributed by atoms with Crippen LogP contribution in [-0.2, 0) is 9.47 Å². The van der Waals surface area contributed by atoms with Crippen LogP contribution in [0.25, 0.3) is 16.9 Å². The zero-order chi connectivity index (χ0) is 21.2.